The van der Waals surface area contributed by atoms with Crippen LogP contribution in [0, 0.1) is 10.2 Å². The van der Waals surface area contributed by atoms with Gasteiger partial charge in [-0.2, -0.15) is 0 Å². The van der Waals surface area contributed by atoms with Crippen LogP contribution in [0.3, 0.4) is 0 Å². The standard InChI is InChI=1S/C9H7S.ClH3O4/c1-2-6-9-8(4-1)5-3-7-10-9;2-1(3,4)5/h1-7H;2-4H/q+1;. The fourth-order valence-corrected chi connectivity index (χ4v) is 1.71. The molecule has 0 atom stereocenters. The van der Waals surface area contributed by atoms with E-state index in [2.05, 4.69) is 41.8 Å². The first-order valence-corrected chi connectivity index (χ1v) is 6.09. The van der Waals surface area contributed by atoms with Crippen LogP contribution >= 0.6 is 11.3 Å². The molecule has 0 fully saturated rings. The molecule has 0 bridgehead atoms. The third-order valence-corrected chi connectivity index (χ3v) is 2.39. The van der Waals surface area contributed by atoms with E-state index in [1.54, 1.807) is 11.3 Å². The summed E-state index contributed by atoms with van der Waals surface area (Å²) in [4.78, 5) is 0. The topological polar surface area (TPSA) is 83.8 Å². The first-order chi connectivity index (χ1) is 6.97. The van der Waals surface area contributed by atoms with Gasteiger partial charge in [0, 0.05) is 11.5 Å². The molecule has 0 saturated heterocycles. The van der Waals surface area contributed by atoms with E-state index in [9.17, 15) is 0 Å². The largest absolute Gasteiger partial charge is 0.237 e. The first-order valence-electron chi connectivity index (χ1n) is 3.88. The summed E-state index contributed by atoms with van der Waals surface area (Å²) in [6.45, 7) is 0. The Hall–Kier alpha value is -0.820. The molecule has 1 aromatic heterocycles. The van der Waals surface area contributed by atoms with Crippen LogP contribution in [0.2, 0.25) is 0 Å². The Kier molecular flexibility index (Phi) is 4.34. The molecule has 0 aliphatic carbocycles. The Bertz CT molecular complexity index is 358. The van der Waals surface area contributed by atoms with Crippen molar-refractivity contribution >= 4 is 21.4 Å². The van der Waals surface area contributed by atoms with Gasteiger partial charge >= 0.3 is 28.9 Å². The number of hydrogen-bond acceptors (Lipinski definition) is 4. The van der Waals surface area contributed by atoms with Gasteiger partial charge in [0.1, 0.15) is 0 Å². The predicted octanol–water partition coefficient (Wildman–Crippen LogP) is 0.322. The molecule has 4 nitrogen and oxygen atoms in total. The number of benzene rings is 1. The summed E-state index contributed by atoms with van der Waals surface area (Å²) in [5.74, 6) is 0. The van der Waals surface area contributed by atoms with Gasteiger partial charge in [-0.05, 0) is 18.2 Å². The van der Waals surface area contributed by atoms with Crippen LogP contribution in [0.15, 0.2) is 41.8 Å². The molecule has 0 saturated carbocycles. The second kappa shape index (κ2) is 5.32. The Balaban J connectivity index is 0.000000195. The van der Waals surface area contributed by atoms with E-state index < -0.39 is 10.2 Å². The summed E-state index contributed by atoms with van der Waals surface area (Å²) >= 11 is 1.78. The molecule has 0 spiro atoms. The summed E-state index contributed by atoms with van der Waals surface area (Å²) in [7, 11) is -4.19. The van der Waals surface area contributed by atoms with Crippen LogP contribution in [0.1, 0.15) is 0 Å². The smallest absolute Gasteiger partial charge is 0.0613 e. The second-order valence-corrected chi connectivity index (χ2v) is 4.40. The van der Waals surface area contributed by atoms with Crippen molar-refractivity contribution in [2.75, 3.05) is 0 Å². The Morgan fingerprint density at radius 3 is 2.13 bits per heavy atom. The van der Waals surface area contributed by atoms with E-state index >= 15 is 0 Å². The molecule has 6 heteroatoms. The number of halogens is 1. The first kappa shape index (κ1) is 12.3. The summed E-state index contributed by atoms with van der Waals surface area (Å²) in [5, 5.41) is 3.43. The molecule has 3 N–H and O–H groups in total. The van der Waals surface area contributed by atoms with Gasteiger partial charge in [-0.15, -0.1) is 0 Å². The van der Waals surface area contributed by atoms with Crippen LogP contribution in [-0.2, 0) is 0 Å². The van der Waals surface area contributed by atoms with E-state index in [0.717, 1.165) is 0 Å². The average molecular weight is 250 g/mol. The minimum absolute atomic E-state index is 1.33. The van der Waals surface area contributed by atoms with Gasteiger partial charge in [-0.3, -0.25) is 0 Å². The molecule has 2 rings (SSSR count). The summed E-state index contributed by atoms with van der Waals surface area (Å²) in [5.41, 5.74) is 0. The van der Waals surface area contributed by atoms with E-state index in [0.29, 0.717) is 0 Å². The fraction of sp³-hybridized carbons (Fsp3) is 0. The zero-order valence-electron chi connectivity index (χ0n) is 7.58. The maximum Gasteiger partial charge on any atom is 0.237 e. The quantitative estimate of drug-likeness (QED) is 0.588. The summed E-state index contributed by atoms with van der Waals surface area (Å²) in [6, 6.07) is 12.6. The van der Waals surface area contributed by atoms with Crippen molar-refractivity contribution in [3.8, 4) is 0 Å². The van der Waals surface area contributed by atoms with Gasteiger partial charge in [0.15, 0.2) is 5.38 Å². The van der Waals surface area contributed by atoms with E-state index in [1.807, 2.05) is 0 Å². The Morgan fingerprint density at radius 1 is 1.00 bits per heavy atom. The van der Waals surface area contributed by atoms with Crippen LogP contribution in [0.5, 0.6) is 0 Å². The Labute approximate surface area is 92.4 Å². The summed E-state index contributed by atoms with van der Waals surface area (Å²) < 4.78 is 31.6. The number of hydrogen-bond donors (Lipinski definition) is 3. The normalized spacial score (nSPS) is 11.7. The number of fused-ring (bicyclic) bond motifs is 1. The van der Waals surface area contributed by atoms with Gasteiger partial charge in [0.2, 0.25) is 16.0 Å². The fourth-order valence-electron chi connectivity index (χ4n) is 0.981. The minimum Gasteiger partial charge on any atom is -0.0613 e. The molecular formula is C9H10ClO4S+. The third-order valence-electron chi connectivity index (χ3n) is 1.47. The van der Waals surface area contributed by atoms with Crippen molar-refractivity contribution in [2.24, 2.45) is 0 Å². The monoisotopic (exact) mass is 249 g/mol. The molecule has 0 aliphatic rings. The summed E-state index contributed by atoms with van der Waals surface area (Å²) in [6.07, 6.45) is 0. The van der Waals surface area contributed by atoms with Crippen molar-refractivity contribution in [1.29, 1.82) is 0 Å². The maximum atomic E-state index is 8.83. The van der Waals surface area contributed by atoms with E-state index in [1.165, 1.54) is 10.1 Å². The van der Waals surface area contributed by atoms with Crippen LogP contribution in [0.25, 0.3) is 10.1 Å². The van der Waals surface area contributed by atoms with Gasteiger partial charge < -0.3 is 0 Å². The van der Waals surface area contributed by atoms with Crippen molar-refractivity contribution in [3.63, 3.8) is 0 Å². The van der Waals surface area contributed by atoms with Gasteiger partial charge in [0.25, 0.3) is 0 Å². The second-order valence-electron chi connectivity index (χ2n) is 2.58. The van der Waals surface area contributed by atoms with Crippen molar-refractivity contribution in [3.05, 3.63) is 41.8 Å². The molecular weight excluding hydrogens is 240 g/mol. The third kappa shape index (κ3) is 5.58. The van der Waals surface area contributed by atoms with Crippen molar-refractivity contribution in [1.82, 2.24) is 0 Å². The molecule has 0 amide bonds. The molecule has 1 heterocycles. The van der Waals surface area contributed by atoms with Crippen LogP contribution in [0.4, 0.5) is 0 Å². The van der Waals surface area contributed by atoms with Gasteiger partial charge in [-0.1, -0.05) is 12.1 Å². The van der Waals surface area contributed by atoms with Crippen molar-refractivity contribution in [2.45, 2.75) is 0 Å². The zero-order chi connectivity index (χ0) is 11.3. The van der Waals surface area contributed by atoms with Crippen molar-refractivity contribution < 1.29 is 28.9 Å². The predicted molar refractivity (Wildman–Crippen MR) is 52.9 cm³/mol. The Morgan fingerprint density at radius 2 is 1.53 bits per heavy atom. The molecule has 0 radical (unpaired) electrons. The SMILES string of the molecule is [O-][Cl+](O)(O)O.c1ccc2[s+]cccc2c1. The van der Waals surface area contributed by atoms with Gasteiger partial charge in [-0.25, -0.2) is 0 Å². The molecule has 2 aromatic rings. The van der Waals surface area contributed by atoms with Crippen LogP contribution in [-0.4, -0.2) is 14.0 Å². The average Bonchev–Trinajstić information content (AvgIpc) is 2.16. The molecule has 15 heavy (non-hydrogen) atoms. The van der Waals surface area contributed by atoms with E-state index in [-0.39, 0.29) is 0 Å². The maximum absolute atomic E-state index is 8.83. The minimum atomic E-state index is -4.19. The zero-order valence-corrected chi connectivity index (χ0v) is 9.15. The number of rotatable bonds is 0. The molecule has 82 valence electrons. The molecule has 0 aliphatic heterocycles. The van der Waals surface area contributed by atoms with Gasteiger partial charge in [0.05, 0.1) is 0 Å². The van der Waals surface area contributed by atoms with E-state index in [4.69, 9.17) is 18.6 Å². The van der Waals surface area contributed by atoms with Crippen LogP contribution < -0.4 is 4.66 Å². The molecule has 1 aromatic carbocycles. The molecule has 0 unspecified atom stereocenters.